The molecule has 1 aromatic rings. The first-order valence-electron chi connectivity index (χ1n) is 7.30. The van der Waals surface area contributed by atoms with Gasteiger partial charge >= 0.3 is 0 Å². The number of likely N-dealkylation sites (tertiary alicyclic amines) is 1. The summed E-state index contributed by atoms with van der Waals surface area (Å²) in [6, 6.07) is 8.69. The van der Waals surface area contributed by atoms with Crippen LogP contribution in [0, 0.1) is 0 Å². The molecule has 0 spiro atoms. The molecule has 0 bridgehead atoms. The van der Waals surface area contributed by atoms with Crippen molar-refractivity contribution in [3.05, 3.63) is 35.9 Å². The molecule has 2 N–H and O–H groups in total. The van der Waals surface area contributed by atoms with Crippen LogP contribution in [0.25, 0.3) is 0 Å². The fourth-order valence-electron chi connectivity index (χ4n) is 2.51. The molecule has 1 aliphatic rings. The van der Waals surface area contributed by atoms with Gasteiger partial charge in [-0.05, 0) is 44.9 Å². The van der Waals surface area contributed by atoms with Crippen molar-refractivity contribution in [1.29, 1.82) is 0 Å². The van der Waals surface area contributed by atoms with Gasteiger partial charge in [-0.15, -0.1) is 0 Å². The molecule has 114 valence electrons. The first-order chi connectivity index (χ1) is 9.96. The van der Waals surface area contributed by atoms with Crippen molar-refractivity contribution in [3.63, 3.8) is 0 Å². The van der Waals surface area contributed by atoms with Crippen LogP contribution in [0.15, 0.2) is 30.3 Å². The van der Waals surface area contributed by atoms with Gasteiger partial charge in [0.1, 0.15) is 0 Å². The molecule has 1 saturated heterocycles. The van der Waals surface area contributed by atoms with Crippen molar-refractivity contribution in [2.75, 3.05) is 19.6 Å². The number of imide groups is 1. The average Bonchev–Trinajstić information content (AvgIpc) is 2.61. The third kappa shape index (κ3) is 4.95. The Morgan fingerprint density at radius 1 is 1.24 bits per heavy atom. The fourth-order valence-corrected chi connectivity index (χ4v) is 2.51. The maximum absolute atomic E-state index is 11.9. The van der Waals surface area contributed by atoms with E-state index in [1.54, 1.807) is 24.3 Å². The largest absolute Gasteiger partial charge is 0.390 e. The summed E-state index contributed by atoms with van der Waals surface area (Å²) in [4.78, 5) is 25.8. The van der Waals surface area contributed by atoms with E-state index in [1.807, 2.05) is 17.9 Å². The number of benzene rings is 1. The molecule has 1 aromatic carbocycles. The lowest BCUT2D eigenvalue weighted by atomic mass is 9.98. The zero-order valence-electron chi connectivity index (χ0n) is 12.3. The summed E-state index contributed by atoms with van der Waals surface area (Å²) in [5, 5.41) is 12.4. The minimum absolute atomic E-state index is 0.189. The Balaban J connectivity index is 1.83. The average molecular weight is 290 g/mol. The second-order valence-corrected chi connectivity index (χ2v) is 5.87. The van der Waals surface area contributed by atoms with Gasteiger partial charge in [0.25, 0.3) is 5.91 Å². The number of rotatable bonds is 3. The summed E-state index contributed by atoms with van der Waals surface area (Å²) >= 11 is 0. The van der Waals surface area contributed by atoms with Crippen molar-refractivity contribution >= 4 is 11.8 Å². The summed E-state index contributed by atoms with van der Waals surface area (Å²) in [7, 11) is 0. The minimum Gasteiger partial charge on any atom is -0.390 e. The third-order valence-corrected chi connectivity index (χ3v) is 3.81. The van der Waals surface area contributed by atoms with Crippen LogP contribution in [0.4, 0.5) is 0 Å². The molecule has 0 aliphatic carbocycles. The van der Waals surface area contributed by atoms with E-state index in [1.165, 1.54) is 0 Å². The monoisotopic (exact) mass is 290 g/mol. The molecule has 5 nitrogen and oxygen atoms in total. The lowest BCUT2D eigenvalue weighted by Gasteiger charge is -2.21. The molecule has 2 amide bonds. The predicted molar refractivity (Wildman–Crippen MR) is 79.8 cm³/mol. The molecule has 5 heteroatoms. The molecule has 1 atom stereocenters. The Morgan fingerprint density at radius 2 is 1.95 bits per heavy atom. The number of nitrogens with one attached hydrogen (secondary N) is 1. The van der Waals surface area contributed by atoms with Gasteiger partial charge in [0.05, 0.1) is 12.1 Å². The second-order valence-electron chi connectivity index (χ2n) is 5.87. The molecule has 21 heavy (non-hydrogen) atoms. The van der Waals surface area contributed by atoms with Crippen molar-refractivity contribution < 1.29 is 14.7 Å². The number of carbonyl (C=O) groups is 2. The molecule has 1 fully saturated rings. The second kappa shape index (κ2) is 6.83. The highest BCUT2D eigenvalue weighted by atomic mass is 16.3. The van der Waals surface area contributed by atoms with E-state index in [9.17, 15) is 14.7 Å². The summed E-state index contributed by atoms with van der Waals surface area (Å²) in [6.45, 7) is 3.45. The SMILES string of the molecule is CC1(O)CCCN(CC(=O)NC(=O)c2ccccc2)CC1. The van der Waals surface area contributed by atoms with E-state index in [0.717, 1.165) is 19.4 Å². The standard InChI is InChI=1S/C16H22N2O3/c1-16(21)8-5-10-18(11-9-16)12-14(19)17-15(20)13-6-3-2-4-7-13/h2-4,6-7,21H,5,8-12H2,1H3,(H,17,19,20). The molecule has 2 rings (SSSR count). The lowest BCUT2D eigenvalue weighted by molar-refractivity contribution is -0.121. The maximum atomic E-state index is 11.9. The van der Waals surface area contributed by atoms with Gasteiger partial charge in [-0.2, -0.15) is 0 Å². The van der Waals surface area contributed by atoms with Crippen LogP contribution >= 0.6 is 0 Å². The number of hydrogen-bond donors (Lipinski definition) is 2. The van der Waals surface area contributed by atoms with E-state index in [-0.39, 0.29) is 18.4 Å². The zero-order valence-corrected chi connectivity index (χ0v) is 12.3. The molecular formula is C16H22N2O3. The highest BCUT2D eigenvalue weighted by molar-refractivity contribution is 6.05. The summed E-state index contributed by atoms with van der Waals surface area (Å²) in [5.41, 5.74) is -0.171. The number of nitrogens with zero attached hydrogens (tertiary/aromatic N) is 1. The van der Waals surface area contributed by atoms with E-state index >= 15 is 0 Å². The van der Waals surface area contributed by atoms with Crippen molar-refractivity contribution in [3.8, 4) is 0 Å². The fraction of sp³-hybridized carbons (Fsp3) is 0.500. The van der Waals surface area contributed by atoms with Crippen LogP contribution in [-0.2, 0) is 4.79 Å². The van der Waals surface area contributed by atoms with Crippen LogP contribution in [0.5, 0.6) is 0 Å². The van der Waals surface area contributed by atoms with Crippen LogP contribution in [0.2, 0.25) is 0 Å². The minimum atomic E-state index is -0.648. The van der Waals surface area contributed by atoms with Crippen molar-refractivity contribution in [2.24, 2.45) is 0 Å². The van der Waals surface area contributed by atoms with Gasteiger partial charge in [-0.3, -0.25) is 19.8 Å². The Kier molecular flexibility index (Phi) is 5.09. The van der Waals surface area contributed by atoms with E-state index in [0.29, 0.717) is 18.5 Å². The number of carbonyl (C=O) groups excluding carboxylic acids is 2. The Hall–Kier alpha value is -1.72. The van der Waals surface area contributed by atoms with Gasteiger partial charge in [0, 0.05) is 12.1 Å². The Morgan fingerprint density at radius 3 is 2.67 bits per heavy atom. The van der Waals surface area contributed by atoms with Crippen LogP contribution < -0.4 is 5.32 Å². The first kappa shape index (κ1) is 15.7. The highest BCUT2D eigenvalue weighted by Gasteiger charge is 2.25. The molecular weight excluding hydrogens is 268 g/mol. The molecule has 1 heterocycles. The number of amides is 2. The normalized spacial score (nSPS) is 23.3. The molecule has 0 radical (unpaired) electrons. The van der Waals surface area contributed by atoms with Gasteiger partial charge in [0.15, 0.2) is 0 Å². The lowest BCUT2D eigenvalue weighted by Crippen LogP contribution is -2.40. The summed E-state index contributed by atoms with van der Waals surface area (Å²) in [5.74, 6) is -0.673. The number of aliphatic hydroxyl groups is 1. The Bertz CT molecular complexity index is 500. The molecule has 0 saturated carbocycles. The summed E-state index contributed by atoms with van der Waals surface area (Å²) < 4.78 is 0. The van der Waals surface area contributed by atoms with Crippen LogP contribution in [0.1, 0.15) is 36.5 Å². The zero-order chi connectivity index (χ0) is 15.3. The smallest absolute Gasteiger partial charge is 0.257 e. The van der Waals surface area contributed by atoms with E-state index < -0.39 is 5.60 Å². The van der Waals surface area contributed by atoms with Gasteiger partial charge in [-0.1, -0.05) is 18.2 Å². The topological polar surface area (TPSA) is 69.6 Å². The van der Waals surface area contributed by atoms with Gasteiger partial charge < -0.3 is 5.11 Å². The Labute approximate surface area is 125 Å². The quantitative estimate of drug-likeness (QED) is 0.877. The molecule has 1 unspecified atom stereocenters. The highest BCUT2D eigenvalue weighted by Crippen LogP contribution is 2.20. The van der Waals surface area contributed by atoms with Gasteiger partial charge in [0.2, 0.25) is 5.91 Å². The third-order valence-electron chi connectivity index (χ3n) is 3.81. The summed E-state index contributed by atoms with van der Waals surface area (Å²) in [6.07, 6.45) is 2.24. The van der Waals surface area contributed by atoms with Crippen LogP contribution in [0.3, 0.4) is 0 Å². The molecule has 0 aromatic heterocycles. The predicted octanol–water partition coefficient (Wildman–Crippen LogP) is 1.18. The van der Waals surface area contributed by atoms with Crippen molar-refractivity contribution in [2.45, 2.75) is 31.8 Å². The first-order valence-corrected chi connectivity index (χ1v) is 7.30. The maximum Gasteiger partial charge on any atom is 0.257 e. The van der Waals surface area contributed by atoms with Crippen LogP contribution in [-0.4, -0.2) is 47.1 Å². The van der Waals surface area contributed by atoms with E-state index in [2.05, 4.69) is 5.32 Å². The van der Waals surface area contributed by atoms with Gasteiger partial charge in [-0.25, -0.2) is 0 Å². The van der Waals surface area contributed by atoms with Crippen molar-refractivity contribution in [1.82, 2.24) is 10.2 Å². The van der Waals surface area contributed by atoms with E-state index in [4.69, 9.17) is 0 Å². The molecule has 1 aliphatic heterocycles. The number of hydrogen-bond acceptors (Lipinski definition) is 4.